The first kappa shape index (κ1) is 14.1. The lowest BCUT2D eigenvalue weighted by atomic mass is 9.95. The highest BCUT2D eigenvalue weighted by Crippen LogP contribution is 2.25. The van der Waals surface area contributed by atoms with E-state index in [4.69, 9.17) is 0 Å². The van der Waals surface area contributed by atoms with E-state index in [1.807, 2.05) is 0 Å². The van der Waals surface area contributed by atoms with Crippen molar-refractivity contribution in [3.05, 3.63) is 15.9 Å². The van der Waals surface area contributed by atoms with Gasteiger partial charge in [0.25, 0.3) is 0 Å². The van der Waals surface area contributed by atoms with E-state index in [2.05, 4.69) is 51.4 Å². The summed E-state index contributed by atoms with van der Waals surface area (Å²) in [7, 11) is 0. The van der Waals surface area contributed by atoms with Crippen LogP contribution in [0.3, 0.4) is 0 Å². The summed E-state index contributed by atoms with van der Waals surface area (Å²) in [5, 5.41) is 4.58. The van der Waals surface area contributed by atoms with Crippen LogP contribution < -0.4 is 0 Å². The van der Waals surface area contributed by atoms with Crippen molar-refractivity contribution >= 4 is 15.9 Å². The van der Waals surface area contributed by atoms with Crippen molar-refractivity contribution in [2.75, 3.05) is 13.1 Å². The molecule has 3 nitrogen and oxygen atoms in total. The molecule has 2 heterocycles. The molecule has 4 heteroatoms. The highest BCUT2D eigenvalue weighted by molar-refractivity contribution is 9.10. The first-order valence-corrected chi connectivity index (χ1v) is 7.89. The minimum Gasteiger partial charge on any atom is -0.297 e. The average Bonchev–Trinajstić information content (AvgIpc) is 2.67. The third-order valence-electron chi connectivity index (χ3n) is 4.01. The topological polar surface area (TPSA) is 21.1 Å². The number of nitrogens with zero attached hydrogens (tertiary/aromatic N) is 3. The van der Waals surface area contributed by atoms with Crippen LogP contribution in [0.15, 0.2) is 4.47 Å². The normalized spacial score (nSPS) is 21.4. The highest BCUT2D eigenvalue weighted by atomic mass is 79.9. The zero-order valence-electron chi connectivity index (χ0n) is 11.7. The van der Waals surface area contributed by atoms with Gasteiger partial charge in [-0.25, -0.2) is 0 Å². The smallest absolute Gasteiger partial charge is 0.0739 e. The number of rotatable bonds is 4. The largest absolute Gasteiger partial charge is 0.297 e. The predicted octanol–water partition coefficient (Wildman–Crippen LogP) is 3.60. The molecule has 2 rings (SSSR count). The maximum Gasteiger partial charge on any atom is 0.0739 e. The molecule has 0 saturated carbocycles. The molecule has 1 aromatic rings. The molecule has 1 unspecified atom stereocenters. The van der Waals surface area contributed by atoms with Crippen LogP contribution in [0.2, 0.25) is 0 Å². The number of hydrogen-bond donors (Lipinski definition) is 0. The van der Waals surface area contributed by atoms with Gasteiger partial charge in [0.05, 0.1) is 15.9 Å². The first-order valence-electron chi connectivity index (χ1n) is 7.09. The van der Waals surface area contributed by atoms with Gasteiger partial charge >= 0.3 is 0 Å². The van der Waals surface area contributed by atoms with Gasteiger partial charge in [-0.1, -0.05) is 13.3 Å². The van der Waals surface area contributed by atoms with Gasteiger partial charge in [0.15, 0.2) is 0 Å². The van der Waals surface area contributed by atoms with Crippen LogP contribution in [-0.2, 0) is 13.1 Å². The third-order valence-corrected chi connectivity index (χ3v) is 5.04. The van der Waals surface area contributed by atoms with Gasteiger partial charge in [0.1, 0.15) is 0 Å². The van der Waals surface area contributed by atoms with Gasteiger partial charge in [0.2, 0.25) is 0 Å². The molecule has 0 aliphatic carbocycles. The van der Waals surface area contributed by atoms with E-state index in [9.17, 15) is 0 Å². The van der Waals surface area contributed by atoms with Gasteiger partial charge < -0.3 is 0 Å². The van der Waals surface area contributed by atoms with Crippen LogP contribution >= 0.6 is 15.9 Å². The predicted molar refractivity (Wildman–Crippen MR) is 78.6 cm³/mol. The summed E-state index contributed by atoms with van der Waals surface area (Å²) in [6, 6.07) is 0. The number of piperidine rings is 1. The molecule has 0 aromatic carbocycles. The number of aryl methyl sites for hydroxylation is 2. The van der Waals surface area contributed by atoms with E-state index in [0.29, 0.717) is 0 Å². The summed E-state index contributed by atoms with van der Waals surface area (Å²) in [6.45, 7) is 11.0. The quantitative estimate of drug-likeness (QED) is 0.847. The molecule has 0 spiro atoms. The Morgan fingerprint density at radius 2 is 2.17 bits per heavy atom. The van der Waals surface area contributed by atoms with Crippen LogP contribution in [0.1, 0.15) is 44.5 Å². The van der Waals surface area contributed by atoms with Crippen molar-refractivity contribution in [2.45, 2.75) is 53.1 Å². The molecule has 102 valence electrons. The van der Waals surface area contributed by atoms with Crippen molar-refractivity contribution < 1.29 is 0 Å². The molecule has 0 N–H and O–H groups in total. The molecular weight excluding hydrogens is 290 g/mol. The van der Waals surface area contributed by atoms with E-state index < -0.39 is 0 Å². The van der Waals surface area contributed by atoms with E-state index in [-0.39, 0.29) is 0 Å². The van der Waals surface area contributed by atoms with Gasteiger partial charge in [0, 0.05) is 19.6 Å². The fourth-order valence-corrected chi connectivity index (χ4v) is 3.27. The molecule has 1 aliphatic heterocycles. The third kappa shape index (κ3) is 2.97. The second-order valence-electron chi connectivity index (χ2n) is 5.31. The van der Waals surface area contributed by atoms with Crippen molar-refractivity contribution in [2.24, 2.45) is 5.92 Å². The molecule has 1 aliphatic rings. The second kappa shape index (κ2) is 6.20. The molecule has 18 heavy (non-hydrogen) atoms. The van der Waals surface area contributed by atoms with E-state index in [1.54, 1.807) is 0 Å². The van der Waals surface area contributed by atoms with Gasteiger partial charge in [-0.05, 0) is 55.1 Å². The molecule has 1 atom stereocenters. The molecular formula is C14H24BrN3. The van der Waals surface area contributed by atoms with Crippen LogP contribution in [0.25, 0.3) is 0 Å². The Bertz CT molecular complexity index is 400. The Hall–Kier alpha value is -0.350. The van der Waals surface area contributed by atoms with Crippen LogP contribution in [-0.4, -0.2) is 27.8 Å². The lowest BCUT2D eigenvalue weighted by molar-refractivity contribution is 0.160. The monoisotopic (exact) mass is 313 g/mol. The summed E-state index contributed by atoms with van der Waals surface area (Å²) in [5.41, 5.74) is 2.45. The summed E-state index contributed by atoms with van der Waals surface area (Å²) >= 11 is 3.69. The van der Waals surface area contributed by atoms with Gasteiger partial charge in [-0.3, -0.25) is 9.58 Å². The summed E-state index contributed by atoms with van der Waals surface area (Å²) in [6.07, 6.45) is 4.05. The zero-order valence-corrected chi connectivity index (χ0v) is 13.3. The molecule has 0 bridgehead atoms. The Morgan fingerprint density at radius 1 is 1.39 bits per heavy atom. The number of aromatic nitrogens is 2. The second-order valence-corrected chi connectivity index (χ2v) is 6.11. The van der Waals surface area contributed by atoms with E-state index in [1.165, 1.54) is 42.5 Å². The SMILES string of the molecule is CCC1CCCN(Cc2c(Br)c(C)nn2CC)C1. The number of likely N-dealkylation sites (tertiary alicyclic amines) is 1. The van der Waals surface area contributed by atoms with Gasteiger partial charge in [-0.15, -0.1) is 0 Å². The van der Waals surface area contributed by atoms with E-state index in [0.717, 1.165) is 24.7 Å². The Labute approximate surface area is 119 Å². The van der Waals surface area contributed by atoms with Crippen molar-refractivity contribution in [3.63, 3.8) is 0 Å². The first-order chi connectivity index (χ1) is 8.65. The van der Waals surface area contributed by atoms with Crippen molar-refractivity contribution in [3.8, 4) is 0 Å². The minimum atomic E-state index is 0.886. The maximum absolute atomic E-state index is 4.58. The summed E-state index contributed by atoms with van der Waals surface area (Å²) in [5.74, 6) is 0.886. The Kier molecular flexibility index (Phi) is 4.84. The number of halogens is 1. The standard InChI is InChI=1S/C14H24BrN3/c1-4-12-7-6-8-17(9-12)10-13-14(15)11(3)16-18(13)5-2/h12H,4-10H2,1-3H3. The van der Waals surface area contributed by atoms with E-state index >= 15 is 0 Å². The van der Waals surface area contributed by atoms with Crippen molar-refractivity contribution in [1.29, 1.82) is 0 Å². The Balaban J connectivity index is 2.08. The average molecular weight is 314 g/mol. The number of hydrogen-bond acceptors (Lipinski definition) is 2. The van der Waals surface area contributed by atoms with Crippen LogP contribution in [0, 0.1) is 12.8 Å². The minimum absolute atomic E-state index is 0.886. The molecule has 1 saturated heterocycles. The fourth-order valence-electron chi connectivity index (χ4n) is 2.86. The van der Waals surface area contributed by atoms with Crippen LogP contribution in [0.5, 0.6) is 0 Å². The maximum atomic E-state index is 4.58. The summed E-state index contributed by atoms with van der Waals surface area (Å²) < 4.78 is 3.33. The zero-order chi connectivity index (χ0) is 13.1. The molecule has 0 radical (unpaired) electrons. The van der Waals surface area contributed by atoms with Gasteiger partial charge in [-0.2, -0.15) is 5.10 Å². The Morgan fingerprint density at radius 3 is 2.83 bits per heavy atom. The lowest BCUT2D eigenvalue weighted by Gasteiger charge is -2.32. The lowest BCUT2D eigenvalue weighted by Crippen LogP contribution is -2.35. The molecule has 1 aromatic heterocycles. The highest BCUT2D eigenvalue weighted by Gasteiger charge is 2.21. The summed E-state index contributed by atoms with van der Waals surface area (Å²) in [4.78, 5) is 2.59. The molecule has 0 amide bonds. The molecule has 1 fully saturated rings. The van der Waals surface area contributed by atoms with Crippen molar-refractivity contribution in [1.82, 2.24) is 14.7 Å². The van der Waals surface area contributed by atoms with Crippen LogP contribution in [0.4, 0.5) is 0 Å². The fraction of sp³-hybridized carbons (Fsp3) is 0.786.